The molecule has 1 amide bonds. The summed E-state index contributed by atoms with van der Waals surface area (Å²) < 4.78 is 12.8. The minimum Gasteiger partial charge on any atom is -0.355 e. The Morgan fingerprint density at radius 1 is 1.54 bits per heavy atom. The van der Waals surface area contributed by atoms with E-state index < -0.39 is 0 Å². The molecule has 0 aromatic heterocycles. The second kappa shape index (κ2) is 3.17. The van der Waals surface area contributed by atoms with Crippen LogP contribution < -0.4 is 5.32 Å². The lowest BCUT2D eigenvalue weighted by molar-refractivity contribution is -0.109. The standard InChI is InChI=1S/C10H10FNO/c11-8-3-1-2-7(4-8)9-5-10(9)12-6-13/h1-4,6,9-10H,5H2,(H,12,13)/t9-,10+/m1/s1. The van der Waals surface area contributed by atoms with Crippen molar-refractivity contribution in [2.45, 2.75) is 18.4 Å². The molecule has 0 spiro atoms. The van der Waals surface area contributed by atoms with Crippen LogP contribution in [0.15, 0.2) is 24.3 Å². The normalized spacial score (nSPS) is 25.3. The van der Waals surface area contributed by atoms with Gasteiger partial charge < -0.3 is 5.32 Å². The fourth-order valence-corrected chi connectivity index (χ4v) is 1.57. The first kappa shape index (κ1) is 8.23. The third-order valence-corrected chi connectivity index (χ3v) is 2.35. The Labute approximate surface area is 75.8 Å². The van der Waals surface area contributed by atoms with Crippen molar-refractivity contribution in [2.75, 3.05) is 0 Å². The number of halogens is 1. The number of carbonyl (C=O) groups excluding carboxylic acids is 1. The lowest BCUT2D eigenvalue weighted by Gasteiger charge is -1.98. The molecule has 2 atom stereocenters. The zero-order chi connectivity index (χ0) is 9.26. The van der Waals surface area contributed by atoms with Crippen molar-refractivity contribution in [2.24, 2.45) is 0 Å². The smallest absolute Gasteiger partial charge is 0.207 e. The van der Waals surface area contributed by atoms with Crippen molar-refractivity contribution in [3.05, 3.63) is 35.6 Å². The number of amides is 1. The summed E-state index contributed by atoms with van der Waals surface area (Å²) in [7, 11) is 0. The highest BCUT2D eigenvalue weighted by molar-refractivity contribution is 5.49. The van der Waals surface area contributed by atoms with Crippen LogP contribution >= 0.6 is 0 Å². The third kappa shape index (κ3) is 1.69. The molecule has 2 nitrogen and oxygen atoms in total. The van der Waals surface area contributed by atoms with Gasteiger partial charge in [-0.25, -0.2) is 4.39 Å². The first-order valence-corrected chi connectivity index (χ1v) is 4.26. The zero-order valence-corrected chi connectivity index (χ0v) is 7.03. The summed E-state index contributed by atoms with van der Waals surface area (Å²) in [5.41, 5.74) is 0.972. The molecule has 1 aromatic carbocycles. The van der Waals surface area contributed by atoms with Crippen molar-refractivity contribution < 1.29 is 9.18 Å². The molecule has 13 heavy (non-hydrogen) atoms. The van der Waals surface area contributed by atoms with Crippen molar-refractivity contribution >= 4 is 6.41 Å². The third-order valence-electron chi connectivity index (χ3n) is 2.35. The van der Waals surface area contributed by atoms with Crippen LogP contribution in [0.5, 0.6) is 0 Å². The van der Waals surface area contributed by atoms with Crippen LogP contribution in [0.1, 0.15) is 17.9 Å². The molecular formula is C10H10FNO. The number of rotatable bonds is 3. The second-order valence-electron chi connectivity index (χ2n) is 3.29. The summed E-state index contributed by atoms with van der Waals surface area (Å²) in [4.78, 5) is 10.1. The van der Waals surface area contributed by atoms with Gasteiger partial charge in [-0.2, -0.15) is 0 Å². The second-order valence-corrected chi connectivity index (χ2v) is 3.29. The minimum atomic E-state index is -0.214. The molecule has 1 aliphatic carbocycles. The fourth-order valence-electron chi connectivity index (χ4n) is 1.57. The maximum atomic E-state index is 12.8. The Balaban J connectivity index is 2.07. The Morgan fingerprint density at radius 2 is 2.38 bits per heavy atom. The van der Waals surface area contributed by atoms with Gasteiger partial charge in [0.15, 0.2) is 0 Å². The van der Waals surface area contributed by atoms with E-state index in [1.54, 1.807) is 6.07 Å². The van der Waals surface area contributed by atoms with Crippen LogP contribution in [-0.4, -0.2) is 12.5 Å². The Kier molecular flexibility index (Phi) is 2.00. The van der Waals surface area contributed by atoms with Gasteiger partial charge in [0.05, 0.1) is 0 Å². The van der Waals surface area contributed by atoms with E-state index in [4.69, 9.17) is 0 Å². The molecule has 1 aromatic rings. The highest BCUT2D eigenvalue weighted by Gasteiger charge is 2.37. The molecule has 0 aliphatic heterocycles. The summed E-state index contributed by atoms with van der Waals surface area (Å²) in [5, 5.41) is 2.68. The average Bonchev–Trinajstić information content (AvgIpc) is 2.85. The molecule has 0 saturated heterocycles. The Bertz CT molecular complexity index is 326. The molecule has 1 N–H and O–H groups in total. The summed E-state index contributed by atoms with van der Waals surface area (Å²) >= 11 is 0. The molecule has 2 rings (SSSR count). The van der Waals surface area contributed by atoms with Gasteiger partial charge in [0.2, 0.25) is 6.41 Å². The van der Waals surface area contributed by atoms with E-state index in [9.17, 15) is 9.18 Å². The topological polar surface area (TPSA) is 29.1 Å². The maximum absolute atomic E-state index is 12.8. The SMILES string of the molecule is O=CN[C@H]1C[C@@H]1c1cccc(F)c1. The van der Waals surface area contributed by atoms with E-state index >= 15 is 0 Å². The number of hydrogen-bond acceptors (Lipinski definition) is 1. The van der Waals surface area contributed by atoms with Gasteiger partial charge >= 0.3 is 0 Å². The van der Waals surface area contributed by atoms with Crippen LogP contribution in [0, 0.1) is 5.82 Å². The number of carbonyl (C=O) groups is 1. The predicted molar refractivity (Wildman–Crippen MR) is 46.7 cm³/mol. The molecule has 3 heteroatoms. The highest BCUT2D eigenvalue weighted by atomic mass is 19.1. The first-order chi connectivity index (χ1) is 6.31. The molecular weight excluding hydrogens is 169 g/mol. The maximum Gasteiger partial charge on any atom is 0.207 e. The minimum absolute atomic E-state index is 0.208. The van der Waals surface area contributed by atoms with E-state index in [0.717, 1.165) is 12.0 Å². The largest absolute Gasteiger partial charge is 0.355 e. The van der Waals surface area contributed by atoms with Gasteiger partial charge in [0.25, 0.3) is 0 Å². The van der Waals surface area contributed by atoms with Crippen molar-refractivity contribution in [1.29, 1.82) is 0 Å². The van der Waals surface area contributed by atoms with Gasteiger partial charge in [0, 0.05) is 12.0 Å². The number of benzene rings is 1. The molecule has 0 unspecified atom stereocenters. The van der Waals surface area contributed by atoms with Gasteiger partial charge in [-0.3, -0.25) is 4.79 Å². The Hall–Kier alpha value is -1.38. The van der Waals surface area contributed by atoms with Crippen molar-refractivity contribution in [1.82, 2.24) is 5.32 Å². The molecule has 1 fully saturated rings. The summed E-state index contributed by atoms with van der Waals surface area (Å²) in [6.45, 7) is 0. The quantitative estimate of drug-likeness (QED) is 0.699. The van der Waals surface area contributed by atoms with Gasteiger partial charge in [0.1, 0.15) is 5.82 Å². The van der Waals surface area contributed by atoms with Crippen LogP contribution in [-0.2, 0) is 4.79 Å². The van der Waals surface area contributed by atoms with Gasteiger partial charge in [-0.05, 0) is 24.1 Å². The highest BCUT2D eigenvalue weighted by Crippen LogP contribution is 2.40. The van der Waals surface area contributed by atoms with E-state index in [1.807, 2.05) is 6.07 Å². The average molecular weight is 179 g/mol. The lowest BCUT2D eigenvalue weighted by atomic mass is 10.1. The van der Waals surface area contributed by atoms with E-state index in [1.165, 1.54) is 12.1 Å². The monoisotopic (exact) mass is 179 g/mol. The van der Waals surface area contributed by atoms with Crippen LogP contribution in [0.2, 0.25) is 0 Å². The summed E-state index contributed by atoms with van der Waals surface area (Å²) in [5.74, 6) is 0.0927. The zero-order valence-electron chi connectivity index (χ0n) is 7.03. The van der Waals surface area contributed by atoms with Crippen LogP contribution in [0.4, 0.5) is 4.39 Å². The van der Waals surface area contributed by atoms with Crippen molar-refractivity contribution in [3.8, 4) is 0 Å². The predicted octanol–water partition coefficient (Wildman–Crippen LogP) is 1.43. The number of nitrogens with one attached hydrogen (secondary N) is 1. The first-order valence-electron chi connectivity index (χ1n) is 4.26. The lowest BCUT2D eigenvalue weighted by Crippen LogP contribution is -2.14. The molecule has 1 aliphatic rings. The molecule has 0 heterocycles. The van der Waals surface area contributed by atoms with Crippen molar-refractivity contribution in [3.63, 3.8) is 0 Å². The number of hydrogen-bond donors (Lipinski definition) is 1. The summed E-state index contributed by atoms with van der Waals surface area (Å²) in [6, 6.07) is 6.74. The fraction of sp³-hybridized carbons (Fsp3) is 0.300. The van der Waals surface area contributed by atoms with Crippen LogP contribution in [0.3, 0.4) is 0 Å². The molecule has 68 valence electrons. The molecule has 0 radical (unpaired) electrons. The van der Waals surface area contributed by atoms with E-state index in [2.05, 4.69) is 5.32 Å². The molecule has 0 bridgehead atoms. The van der Waals surface area contributed by atoms with Crippen LogP contribution in [0.25, 0.3) is 0 Å². The molecule has 1 saturated carbocycles. The summed E-state index contributed by atoms with van der Waals surface area (Å²) in [6.07, 6.45) is 1.62. The van der Waals surface area contributed by atoms with E-state index in [-0.39, 0.29) is 11.9 Å². The van der Waals surface area contributed by atoms with Gasteiger partial charge in [-0.15, -0.1) is 0 Å². The van der Waals surface area contributed by atoms with Gasteiger partial charge in [-0.1, -0.05) is 12.1 Å². The van der Waals surface area contributed by atoms with E-state index in [0.29, 0.717) is 12.3 Å². The Morgan fingerprint density at radius 3 is 3.08 bits per heavy atom.